The number of nitrogens with zero attached hydrogens (tertiary/aromatic N) is 1. The summed E-state index contributed by atoms with van der Waals surface area (Å²) in [6, 6.07) is 5.90. The van der Waals surface area contributed by atoms with E-state index in [1.165, 1.54) is 0 Å². The normalized spacial score (nSPS) is 15.8. The Bertz CT molecular complexity index is 763. The number of nitrogens with one attached hydrogen (secondary N) is 2. The van der Waals surface area contributed by atoms with Crippen LogP contribution in [0.25, 0.3) is 0 Å². The molecule has 0 radical (unpaired) electrons. The van der Waals surface area contributed by atoms with Crippen molar-refractivity contribution in [1.29, 1.82) is 0 Å². The van der Waals surface area contributed by atoms with E-state index >= 15 is 0 Å². The number of anilines is 1. The summed E-state index contributed by atoms with van der Waals surface area (Å²) in [4.78, 5) is 4.23. The number of aryl methyl sites for hydroxylation is 1. The standard InChI is InChI=1S/C21H28ClN3/c1-13(2)19(15(4)20(23-7)25-21(6)10-11-21)16(5)24-18-12-14(3)8-9-17(18)22/h8-9,12,24-25H,5,7,10-11H2,1-4,6H3/b20-15-. The van der Waals surface area contributed by atoms with Crippen molar-refractivity contribution in [2.24, 2.45) is 4.99 Å². The fourth-order valence-electron chi connectivity index (χ4n) is 2.83. The molecule has 1 aliphatic carbocycles. The molecule has 0 spiro atoms. The first-order valence-electron chi connectivity index (χ1n) is 8.53. The van der Waals surface area contributed by atoms with Crippen LogP contribution in [0.5, 0.6) is 0 Å². The van der Waals surface area contributed by atoms with Crippen LogP contribution < -0.4 is 10.6 Å². The van der Waals surface area contributed by atoms with Gasteiger partial charge in [-0.05, 0) is 71.9 Å². The molecule has 1 saturated carbocycles. The monoisotopic (exact) mass is 357 g/mol. The molecular formula is C21H28ClN3. The molecule has 4 heteroatoms. The van der Waals surface area contributed by atoms with Gasteiger partial charge in [0, 0.05) is 22.4 Å². The number of allylic oxidation sites excluding steroid dienone is 2. The highest BCUT2D eigenvalue weighted by atomic mass is 35.5. The van der Waals surface area contributed by atoms with E-state index < -0.39 is 0 Å². The largest absolute Gasteiger partial charge is 0.365 e. The van der Waals surface area contributed by atoms with Crippen LogP contribution in [0.3, 0.4) is 0 Å². The molecule has 3 nitrogen and oxygen atoms in total. The molecule has 0 aromatic heterocycles. The molecule has 0 unspecified atom stereocenters. The Kier molecular flexibility index (Phi) is 5.79. The van der Waals surface area contributed by atoms with Crippen molar-refractivity contribution in [3.8, 4) is 0 Å². The topological polar surface area (TPSA) is 36.4 Å². The van der Waals surface area contributed by atoms with Gasteiger partial charge < -0.3 is 10.6 Å². The summed E-state index contributed by atoms with van der Waals surface area (Å²) in [6.45, 7) is 18.4. The molecule has 1 aromatic carbocycles. The molecular weight excluding hydrogens is 330 g/mol. The molecule has 0 heterocycles. The van der Waals surface area contributed by atoms with Crippen molar-refractivity contribution in [3.05, 3.63) is 63.6 Å². The van der Waals surface area contributed by atoms with Crippen molar-refractivity contribution in [2.75, 3.05) is 5.32 Å². The van der Waals surface area contributed by atoms with Crippen LogP contribution >= 0.6 is 11.6 Å². The van der Waals surface area contributed by atoms with E-state index in [1.807, 2.05) is 25.1 Å². The van der Waals surface area contributed by atoms with Crippen molar-refractivity contribution >= 4 is 24.0 Å². The molecule has 134 valence electrons. The maximum absolute atomic E-state index is 6.32. The molecule has 0 atom stereocenters. The van der Waals surface area contributed by atoms with Gasteiger partial charge in [0.2, 0.25) is 0 Å². The van der Waals surface area contributed by atoms with Crippen molar-refractivity contribution < 1.29 is 0 Å². The second-order valence-electron chi connectivity index (χ2n) is 7.28. The van der Waals surface area contributed by atoms with Gasteiger partial charge in [-0.25, -0.2) is 4.99 Å². The van der Waals surface area contributed by atoms with Gasteiger partial charge in [-0.1, -0.05) is 29.8 Å². The SMILES string of the molecule is C=N/C(NC1(C)CC1)=C(\C)C(C(=C)Nc1cc(C)ccc1Cl)=C(C)C. The Morgan fingerprint density at radius 2 is 1.88 bits per heavy atom. The van der Waals surface area contributed by atoms with Gasteiger partial charge in [0.05, 0.1) is 10.7 Å². The first-order valence-corrected chi connectivity index (χ1v) is 8.91. The Hall–Kier alpha value is -2.00. The summed E-state index contributed by atoms with van der Waals surface area (Å²) >= 11 is 6.32. The van der Waals surface area contributed by atoms with Gasteiger partial charge in [0.1, 0.15) is 5.82 Å². The van der Waals surface area contributed by atoms with Crippen molar-refractivity contribution in [3.63, 3.8) is 0 Å². The number of halogens is 1. The number of benzene rings is 1. The lowest BCUT2D eigenvalue weighted by molar-refractivity contribution is 0.601. The minimum Gasteiger partial charge on any atom is -0.365 e. The zero-order valence-electron chi connectivity index (χ0n) is 15.9. The van der Waals surface area contributed by atoms with Gasteiger partial charge >= 0.3 is 0 Å². The van der Waals surface area contributed by atoms with E-state index in [0.717, 1.165) is 52.3 Å². The number of hydrogen-bond donors (Lipinski definition) is 2. The third kappa shape index (κ3) is 4.76. The molecule has 1 aromatic rings. The molecule has 0 saturated heterocycles. The van der Waals surface area contributed by atoms with Crippen LogP contribution in [0.1, 0.15) is 46.1 Å². The zero-order valence-corrected chi connectivity index (χ0v) is 16.6. The second-order valence-corrected chi connectivity index (χ2v) is 7.69. The maximum Gasteiger partial charge on any atom is 0.129 e. The van der Waals surface area contributed by atoms with Crippen LogP contribution in [0.4, 0.5) is 5.69 Å². The van der Waals surface area contributed by atoms with Crippen LogP contribution in [0.2, 0.25) is 5.02 Å². The fourth-order valence-corrected chi connectivity index (χ4v) is 3.00. The third-order valence-electron chi connectivity index (χ3n) is 4.52. The highest BCUT2D eigenvalue weighted by molar-refractivity contribution is 6.33. The smallest absolute Gasteiger partial charge is 0.129 e. The zero-order chi connectivity index (χ0) is 18.8. The molecule has 25 heavy (non-hydrogen) atoms. The summed E-state index contributed by atoms with van der Waals surface area (Å²) in [5.74, 6) is 0.814. The van der Waals surface area contributed by atoms with E-state index in [2.05, 4.69) is 56.6 Å². The average Bonchev–Trinajstić information content (AvgIpc) is 3.26. The lowest BCUT2D eigenvalue weighted by Gasteiger charge is -2.21. The summed E-state index contributed by atoms with van der Waals surface area (Å²) in [5, 5.41) is 7.55. The van der Waals surface area contributed by atoms with E-state index in [0.29, 0.717) is 5.02 Å². The summed E-state index contributed by atoms with van der Waals surface area (Å²) in [6.07, 6.45) is 2.31. The predicted octanol–water partition coefficient (Wildman–Crippen LogP) is 5.98. The highest BCUT2D eigenvalue weighted by Crippen LogP contribution is 2.37. The molecule has 0 aliphatic heterocycles. The van der Waals surface area contributed by atoms with E-state index in [-0.39, 0.29) is 5.54 Å². The van der Waals surface area contributed by atoms with E-state index in [4.69, 9.17) is 11.6 Å². The lowest BCUT2D eigenvalue weighted by Crippen LogP contribution is -2.27. The summed E-state index contributed by atoms with van der Waals surface area (Å²) < 4.78 is 0. The maximum atomic E-state index is 6.32. The second kappa shape index (κ2) is 7.49. The van der Waals surface area contributed by atoms with Crippen molar-refractivity contribution in [1.82, 2.24) is 5.32 Å². The third-order valence-corrected chi connectivity index (χ3v) is 4.85. The highest BCUT2D eigenvalue weighted by Gasteiger charge is 2.38. The first kappa shape index (κ1) is 19.3. The van der Waals surface area contributed by atoms with E-state index in [1.54, 1.807) is 0 Å². The molecule has 1 fully saturated rings. The van der Waals surface area contributed by atoms with Crippen LogP contribution in [-0.2, 0) is 0 Å². The van der Waals surface area contributed by atoms with Gasteiger partial charge in [0.25, 0.3) is 0 Å². The van der Waals surface area contributed by atoms with Crippen molar-refractivity contribution in [2.45, 2.75) is 53.0 Å². The fraction of sp³-hybridized carbons (Fsp3) is 0.381. The molecule has 1 aliphatic rings. The van der Waals surface area contributed by atoms with Crippen LogP contribution in [0.15, 0.2) is 58.0 Å². The molecule has 0 amide bonds. The lowest BCUT2D eigenvalue weighted by atomic mass is 9.99. The first-order chi connectivity index (χ1) is 11.7. The number of hydrogen-bond acceptors (Lipinski definition) is 3. The van der Waals surface area contributed by atoms with Gasteiger partial charge in [-0.2, -0.15) is 0 Å². The molecule has 0 bridgehead atoms. The summed E-state index contributed by atoms with van der Waals surface area (Å²) in [7, 11) is 0. The van der Waals surface area contributed by atoms with E-state index in [9.17, 15) is 0 Å². The number of rotatable bonds is 7. The summed E-state index contributed by atoms with van der Waals surface area (Å²) in [5.41, 5.74) is 6.16. The minimum atomic E-state index is 0.138. The molecule has 2 rings (SSSR count). The molecule has 2 N–H and O–H groups in total. The minimum absolute atomic E-state index is 0.138. The number of aliphatic imine (C=N–C) groups is 1. The van der Waals surface area contributed by atoms with Crippen LogP contribution in [-0.4, -0.2) is 12.3 Å². The average molecular weight is 358 g/mol. The van der Waals surface area contributed by atoms with Crippen LogP contribution in [0, 0.1) is 6.92 Å². The van der Waals surface area contributed by atoms with Gasteiger partial charge in [0.15, 0.2) is 0 Å². The quantitative estimate of drug-likeness (QED) is 0.464. The Labute approximate surface area is 156 Å². The van der Waals surface area contributed by atoms with Gasteiger partial charge in [-0.3, -0.25) is 0 Å². The predicted molar refractivity (Wildman–Crippen MR) is 110 cm³/mol. The van der Waals surface area contributed by atoms with Gasteiger partial charge in [-0.15, -0.1) is 0 Å². The Balaban J connectivity index is 2.34. The Morgan fingerprint density at radius 1 is 1.24 bits per heavy atom. The Morgan fingerprint density at radius 3 is 2.40 bits per heavy atom.